The van der Waals surface area contributed by atoms with Gasteiger partial charge in [0.25, 0.3) is 0 Å². The fraction of sp³-hybridized carbons (Fsp3) is 0.188. The highest BCUT2D eigenvalue weighted by molar-refractivity contribution is 7.89. The normalized spacial score (nSPS) is 12.6. The van der Waals surface area contributed by atoms with Gasteiger partial charge in [-0.3, -0.25) is 4.79 Å². The van der Waals surface area contributed by atoms with Crippen molar-refractivity contribution in [3.63, 3.8) is 0 Å². The van der Waals surface area contributed by atoms with Gasteiger partial charge in [-0.2, -0.15) is 4.72 Å². The number of ether oxygens (including phenoxy) is 1. The molecule has 0 heterocycles. The Kier molecular flexibility index (Phi) is 5.36. The van der Waals surface area contributed by atoms with E-state index in [4.69, 9.17) is 0 Å². The number of nitrogens with one attached hydrogen (secondary N) is 1. The third kappa shape index (κ3) is 4.54. The van der Waals surface area contributed by atoms with Crippen molar-refractivity contribution < 1.29 is 23.1 Å². The summed E-state index contributed by atoms with van der Waals surface area (Å²) in [5.41, 5.74) is 0.689. The first-order valence-electron chi connectivity index (χ1n) is 6.85. The lowest BCUT2D eigenvalue weighted by Gasteiger charge is -2.17. The van der Waals surface area contributed by atoms with Crippen molar-refractivity contribution in [1.29, 1.82) is 0 Å². The molecule has 0 aliphatic rings. The Morgan fingerprint density at radius 3 is 2.30 bits per heavy atom. The third-order valence-electron chi connectivity index (χ3n) is 3.21. The molecule has 0 saturated carbocycles. The monoisotopic (exact) mass is 335 g/mol. The molecule has 0 spiro atoms. The summed E-state index contributed by atoms with van der Waals surface area (Å²) in [7, 11) is -2.65. The maximum absolute atomic E-state index is 12.3. The first-order chi connectivity index (χ1) is 10.9. The highest BCUT2D eigenvalue weighted by Crippen LogP contribution is 2.14. The minimum atomic E-state index is -3.84. The van der Waals surface area contributed by atoms with Gasteiger partial charge in [-0.15, -0.1) is 0 Å². The maximum atomic E-state index is 12.3. The Bertz CT molecular complexity index is 757. The summed E-state index contributed by atoms with van der Waals surface area (Å²) >= 11 is 0. The van der Waals surface area contributed by atoms with Crippen molar-refractivity contribution in [3.8, 4) is 5.75 Å². The molecule has 23 heavy (non-hydrogen) atoms. The van der Waals surface area contributed by atoms with E-state index in [9.17, 15) is 18.3 Å². The van der Waals surface area contributed by atoms with Crippen molar-refractivity contribution >= 4 is 16.0 Å². The predicted octanol–water partition coefficient (Wildman–Crippen LogP) is 1.45. The average Bonchev–Trinajstić information content (AvgIpc) is 2.56. The standard InChI is InChI=1S/C16H17NO5S/c1-22-16(19)15(11-12-7-9-13(18)10-8-12)17-23(20,21)14-5-3-2-4-6-14/h2-10,15,17-18H,11H2,1H3. The summed E-state index contributed by atoms with van der Waals surface area (Å²) in [6, 6.07) is 12.9. The van der Waals surface area contributed by atoms with Gasteiger partial charge in [0, 0.05) is 0 Å². The first kappa shape index (κ1) is 17.0. The van der Waals surface area contributed by atoms with E-state index in [-0.39, 0.29) is 17.1 Å². The van der Waals surface area contributed by atoms with Gasteiger partial charge in [0.15, 0.2) is 0 Å². The van der Waals surface area contributed by atoms with Crippen LogP contribution in [0.3, 0.4) is 0 Å². The number of carbonyl (C=O) groups excluding carboxylic acids is 1. The van der Waals surface area contributed by atoms with Gasteiger partial charge in [-0.05, 0) is 36.2 Å². The summed E-state index contributed by atoms with van der Waals surface area (Å²) in [6.07, 6.45) is 0.110. The molecule has 0 radical (unpaired) electrons. The van der Waals surface area contributed by atoms with E-state index in [0.717, 1.165) is 0 Å². The van der Waals surface area contributed by atoms with Crippen LogP contribution in [-0.2, 0) is 26.0 Å². The molecule has 2 rings (SSSR count). The molecule has 0 saturated heterocycles. The third-order valence-corrected chi connectivity index (χ3v) is 4.70. The molecule has 7 heteroatoms. The van der Waals surface area contributed by atoms with Crippen molar-refractivity contribution in [2.75, 3.05) is 7.11 Å². The number of hydrogen-bond acceptors (Lipinski definition) is 5. The molecule has 2 aromatic rings. The zero-order valence-corrected chi connectivity index (χ0v) is 13.3. The number of carbonyl (C=O) groups is 1. The zero-order valence-electron chi connectivity index (χ0n) is 12.5. The first-order valence-corrected chi connectivity index (χ1v) is 8.34. The number of phenols is 1. The molecule has 0 aliphatic heterocycles. The second-order valence-corrected chi connectivity index (χ2v) is 6.59. The minimum Gasteiger partial charge on any atom is -0.508 e. The van der Waals surface area contributed by atoms with Gasteiger partial charge in [-0.25, -0.2) is 8.42 Å². The van der Waals surface area contributed by atoms with Crippen LogP contribution in [0, 0.1) is 0 Å². The Morgan fingerprint density at radius 2 is 1.74 bits per heavy atom. The maximum Gasteiger partial charge on any atom is 0.324 e. The Labute approximate surface area is 134 Å². The Balaban J connectivity index is 2.22. The number of benzene rings is 2. The molecule has 2 aromatic carbocycles. The molecule has 0 aromatic heterocycles. The van der Waals surface area contributed by atoms with Crippen LogP contribution in [0.4, 0.5) is 0 Å². The molecule has 1 unspecified atom stereocenters. The van der Waals surface area contributed by atoms with E-state index < -0.39 is 22.0 Å². The van der Waals surface area contributed by atoms with Gasteiger partial charge >= 0.3 is 5.97 Å². The number of methoxy groups -OCH3 is 1. The van der Waals surface area contributed by atoms with Gasteiger partial charge < -0.3 is 9.84 Å². The van der Waals surface area contributed by atoms with Gasteiger partial charge in [0.1, 0.15) is 11.8 Å². The highest BCUT2D eigenvalue weighted by atomic mass is 32.2. The Morgan fingerprint density at radius 1 is 1.13 bits per heavy atom. The van der Waals surface area contributed by atoms with Gasteiger partial charge in [0.05, 0.1) is 12.0 Å². The van der Waals surface area contributed by atoms with E-state index in [1.807, 2.05) is 0 Å². The quantitative estimate of drug-likeness (QED) is 0.780. The number of aromatic hydroxyl groups is 1. The molecule has 2 N–H and O–H groups in total. The predicted molar refractivity (Wildman–Crippen MR) is 84.4 cm³/mol. The number of rotatable bonds is 6. The lowest BCUT2D eigenvalue weighted by Crippen LogP contribution is -2.42. The summed E-state index contributed by atoms with van der Waals surface area (Å²) in [5, 5.41) is 9.28. The van der Waals surface area contributed by atoms with Crippen LogP contribution in [0.25, 0.3) is 0 Å². The zero-order chi connectivity index (χ0) is 16.9. The van der Waals surface area contributed by atoms with E-state index in [1.54, 1.807) is 30.3 Å². The van der Waals surface area contributed by atoms with E-state index in [1.165, 1.54) is 31.4 Å². The SMILES string of the molecule is COC(=O)C(Cc1ccc(O)cc1)NS(=O)(=O)c1ccccc1. The minimum absolute atomic E-state index is 0.0691. The number of hydrogen-bond donors (Lipinski definition) is 2. The molecular weight excluding hydrogens is 318 g/mol. The summed E-state index contributed by atoms with van der Waals surface area (Å²) in [6.45, 7) is 0. The van der Waals surface area contributed by atoms with Gasteiger partial charge in [0.2, 0.25) is 10.0 Å². The second-order valence-electron chi connectivity index (χ2n) is 4.88. The fourth-order valence-corrected chi connectivity index (χ4v) is 3.24. The van der Waals surface area contributed by atoms with E-state index in [0.29, 0.717) is 5.56 Å². The smallest absolute Gasteiger partial charge is 0.324 e. The van der Waals surface area contributed by atoms with Crippen molar-refractivity contribution in [2.45, 2.75) is 17.4 Å². The molecule has 1 atom stereocenters. The molecule has 0 fully saturated rings. The average molecular weight is 335 g/mol. The summed E-state index contributed by atoms with van der Waals surface area (Å²) < 4.78 is 31.7. The lowest BCUT2D eigenvalue weighted by molar-refractivity contribution is -0.142. The number of esters is 1. The highest BCUT2D eigenvalue weighted by Gasteiger charge is 2.26. The molecule has 0 aliphatic carbocycles. The van der Waals surface area contributed by atoms with Crippen LogP contribution in [0.1, 0.15) is 5.56 Å². The van der Waals surface area contributed by atoms with Crippen LogP contribution in [0.5, 0.6) is 5.75 Å². The summed E-state index contributed by atoms with van der Waals surface area (Å²) in [5.74, 6) is -0.592. The second kappa shape index (κ2) is 7.26. The van der Waals surface area contributed by atoms with Crippen molar-refractivity contribution in [1.82, 2.24) is 4.72 Å². The van der Waals surface area contributed by atoms with E-state index in [2.05, 4.69) is 9.46 Å². The summed E-state index contributed by atoms with van der Waals surface area (Å²) in [4.78, 5) is 12.0. The van der Waals surface area contributed by atoms with Crippen LogP contribution in [-0.4, -0.2) is 32.6 Å². The van der Waals surface area contributed by atoms with Crippen molar-refractivity contribution in [2.24, 2.45) is 0 Å². The molecule has 0 amide bonds. The number of phenolic OH excluding ortho intramolecular Hbond substituents is 1. The number of sulfonamides is 1. The molecule has 6 nitrogen and oxygen atoms in total. The fourth-order valence-electron chi connectivity index (χ4n) is 2.04. The van der Waals surface area contributed by atoms with E-state index >= 15 is 0 Å². The lowest BCUT2D eigenvalue weighted by atomic mass is 10.1. The van der Waals surface area contributed by atoms with Crippen LogP contribution in [0.15, 0.2) is 59.5 Å². The van der Waals surface area contributed by atoms with Gasteiger partial charge in [-0.1, -0.05) is 30.3 Å². The van der Waals surface area contributed by atoms with Crippen LogP contribution >= 0.6 is 0 Å². The van der Waals surface area contributed by atoms with Crippen LogP contribution in [0.2, 0.25) is 0 Å². The Hall–Kier alpha value is -2.38. The topological polar surface area (TPSA) is 92.7 Å². The molecule has 0 bridgehead atoms. The van der Waals surface area contributed by atoms with Crippen LogP contribution < -0.4 is 4.72 Å². The molecule has 122 valence electrons. The largest absolute Gasteiger partial charge is 0.508 e. The van der Waals surface area contributed by atoms with Crippen molar-refractivity contribution in [3.05, 3.63) is 60.2 Å². The molecular formula is C16H17NO5S.